The van der Waals surface area contributed by atoms with Gasteiger partial charge in [-0.1, -0.05) is 13.8 Å². The molecule has 0 bridgehead atoms. The van der Waals surface area contributed by atoms with E-state index < -0.39 is 0 Å². The summed E-state index contributed by atoms with van der Waals surface area (Å²) in [5.74, 6) is 1.78. The third kappa shape index (κ3) is 1.72. The molecule has 1 heteroatoms. The largest absolute Gasteiger partial charge is 0.309 e. The van der Waals surface area contributed by atoms with Gasteiger partial charge in [0.15, 0.2) is 0 Å². The lowest BCUT2D eigenvalue weighted by Crippen LogP contribution is -2.38. The van der Waals surface area contributed by atoms with Crippen molar-refractivity contribution < 1.29 is 0 Å². The number of rotatable bonds is 1. The molecular formula is C9H19N. The molecule has 1 aliphatic rings. The van der Waals surface area contributed by atoms with E-state index >= 15 is 0 Å². The van der Waals surface area contributed by atoms with Crippen molar-refractivity contribution in [1.29, 1.82) is 0 Å². The van der Waals surface area contributed by atoms with Gasteiger partial charge < -0.3 is 5.32 Å². The second kappa shape index (κ2) is 2.23. The van der Waals surface area contributed by atoms with E-state index in [1.165, 1.54) is 0 Å². The Morgan fingerprint density at radius 1 is 1.00 bits per heavy atom. The van der Waals surface area contributed by atoms with Crippen LogP contribution in [0.4, 0.5) is 0 Å². The van der Waals surface area contributed by atoms with Crippen LogP contribution < -0.4 is 5.32 Å². The Morgan fingerprint density at radius 2 is 1.40 bits per heavy atom. The summed E-state index contributed by atoms with van der Waals surface area (Å²) in [6.07, 6.45) is 0. The van der Waals surface area contributed by atoms with E-state index in [4.69, 9.17) is 0 Å². The minimum absolute atomic E-state index is 0.295. The van der Waals surface area contributed by atoms with Crippen molar-refractivity contribution in [2.24, 2.45) is 11.8 Å². The van der Waals surface area contributed by atoms with Crippen LogP contribution in [0, 0.1) is 11.8 Å². The minimum atomic E-state index is 0.295. The van der Waals surface area contributed by atoms with Gasteiger partial charge in [0.25, 0.3) is 0 Å². The average molecular weight is 141 g/mol. The smallest absolute Gasteiger partial charge is 0.0129 e. The topological polar surface area (TPSA) is 12.0 Å². The van der Waals surface area contributed by atoms with Crippen LogP contribution in [0.15, 0.2) is 0 Å². The van der Waals surface area contributed by atoms with Crippen LogP contribution in [-0.4, -0.2) is 11.6 Å². The molecule has 10 heavy (non-hydrogen) atoms. The quantitative estimate of drug-likeness (QED) is 0.589. The first-order chi connectivity index (χ1) is 4.42. The highest BCUT2D eigenvalue weighted by Crippen LogP contribution is 2.38. The third-order valence-corrected chi connectivity index (χ3v) is 2.42. The zero-order valence-corrected chi connectivity index (χ0v) is 7.73. The van der Waals surface area contributed by atoms with Gasteiger partial charge >= 0.3 is 0 Å². The maximum Gasteiger partial charge on any atom is 0.0129 e. The lowest BCUT2D eigenvalue weighted by atomic mass is 10.1. The molecule has 60 valence electrons. The normalized spacial score (nSPS) is 39.9. The molecule has 0 saturated heterocycles. The van der Waals surface area contributed by atoms with Gasteiger partial charge in [-0.25, -0.2) is 0 Å². The fourth-order valence-electron chi connectivity index (χ4n) is 1.43. The van der Waals surface area contributed by atoms with E-state index in [1.807, 2.05) is 0 Å². The Morgan fingerprint density at radius 3 is 1.50 bits per heavy atom. The lowest BCUT2D eigenvalue weighted by molar-refractivity contribution is 0.407. The fraction of sp³-hybridized carbons (Fsp3) is 1.00. The molecule has 0 aromatic carbocycles. The minimum Gasteiger partial charge on any atom is -0.309 e. The van der Waals surface area contributed by atoms with Crippen molar-refractivity contribution in [3.05, 3.63) is 0 Å². The van der Waals surface area contributed by atoms with Gasteiger partial charge in [-0.2, -0.15) is 0 Å². The summed E-state index contributed by atoms with van der Waals surface area (Å²) in [5, 5.41) is 3.59. The SMILES string of the molecule is CC1C(C)C1NC(C)(C)C. The van der Waals surface area contributed by atoms with Crippen molar-refractivity contribution in [2.75, 3.05) is 0 Å². The number of hydrogen-bond acceptors (Lipinski definition) is 1. The molecule has 0 aromatic heterocycles. The molecule has 1 rings (SSSR count). The lowest BCUT2D eigenvalue weighted by Gasteiger charge is -2.20. The van der Waals surface area contributed by atoms with Crippen LogP contribution >= 0.6 is 0 Å². The molecule has 1 nitrogen and oxygen atoms in total. The van der Waals surface area contributed by atoms with Gasteiger partial charge in [0.1, 0.15) is 0 Å². The van der Waals surface area contributed by atoms with Crippen LogP contribution in [0.2, 0.25) is 0 Å². The second-order valence-electron chi connectivity index (χ2n) is 4.64. The summed E-state index contributed by atoms with van der Waals surface area (Å²) in [4.78, 5) is 0. The summed E-state index contributed by atoms with van der Waals surface area (Å²) in [6.45, 7) is 11.3. The van der Waals surface area contributed by atoms with Crippen molar-refractivity contribution in [2.45, 2.75) is 46.2 Å². The standard InChI is InChI=1S/C9H19N/c1-6-7(2)8(6)10-9(3,4)5/h6-8,10H,1-5H3. The molecule has 1 saturated carbocycles. The summed E-state index contributed by atoms with van der Waals surface area (Å²) in [5.41, 5.74) is 0.295. The molecule has 1 aliphatic carbocycles. The maximum atomic E-state index is 3.59. The molecule has 0 aromatic rings. The zero-order chi connectivity index (χ0) is 7.94. The molecule has 2 unspecified atom stereocenters. The summed E-state index contributed by atoms with van der Waals surface area (Å²) < 4.78 is 0. The molecule has 1 fully saturated rings. The molecule has 0 radical (unpaired) electrons. The first-order valence-electron chi connectivity index (χ1n) is 4.19. The fourth-order valence-corrected chi connectivity index (χ4v) is 1.43. The highest BCUT2D eigenvalue weighted by Gasteiger charge is 2.44. The first kappa shape index (κ1) is 8.06. The first-order valence-corrected chi connectivity index (χ1v) is 4.19. The zero-order valence-electron chi connectivity index (χ0n) is 7.73. The van der Waals surface area contributed by atoms with Crippen LogP contribution in [-0.2, 0) is 0 Å². The second-order valence-corrected chi connectivity index (χ2v) is 4.64. The van der Waals surface area contributed by atoms with Gasteiger partial charge in [0, 0.05) is 11.6 Å². The highest BCUT2D eigenvalue weighted by atomic mass is 15.0. The Labute approximate surface area is 64.2 Å². The van der Waals surface area contributed by atoms with Crippen LogP contribution in [0.3, 0.4) is 0 Å². The third-order valence-electron chi connectivity index (χ3n) is 2.42. The van der Waals surface area contributed by atoms with Crippen molar-refractivity contribution in [3.63, 3.8) is 0 Å². The predicted octanol–water partition coefficient (Wildman–Crippen LogP) is 2.03. The maximum absolute atomic E-state index is 3.59. The van der Waals surface area contributed by atoms with Crippen molar-refractivity contribution in [1.82, 2.24) is 5.32 Å². The molecule has 2 atom stereocenters. The monoisotopic (exact) mass is 141 g/mol. The Hall–Kier alpha value is -0.0400. The Bertz CT molecular complexity index is 115. The molecule has 0 aliphatic heterocycles. The molecule has 0 amide bonds. The van der Waals surface area contributed by atoms with E-state index in [2.05, 4.69) is 39.9 Å². The van der Waals surface area contributed by atoms with Crippen molar-refractivity contribution >= 4 is 0 Å². The number of nitrogens with one attached hydrogen (secondary N) is 1. The van der Waals surface area contributed by atoms with E-state index in [-0.39, 0.29) is 0 Å². The van der Waals surface area contributed by atoms with E-state index in [0.717, 1.165) is 17.9 Å². The Balaban J connectivity index is 2.29. The van der Waals surface area contributed by atoms with Crippen LogP contribution in [0.1, 0.15) is 34.6 Å². The van der Waals surface area contributed by atoms with Crippen LogP contribution in [0.25, 0.3) is 0 Å². The highest BCUT2D eigenvalue weighted by molar-refractivity contribution is 5.00. The number of hydrogen-bond donors (Lipinski definition) is 1. The molecule has 1 N–H and O–H groups in total. The summed E-state index contributed by atoms with van der Waals surface area (Å²) in [6, 6.07) is 0.778. The Kier molecular flexibility index (Phi) is 1.80. The molecule has 0 spiro atoms. The van der Waals surface area contributed by atoms with E-state index in [1.54, 1.807) is 0 Å². The molecular weight excluding hydrogens is 122 g/mol. The van der Waals surface area contributed by atoms with Crippen molar-refractivity contribution in [3.8, 4) is 0 Å². The van der Waals surface area contributed by atoms with E-state index in [9.17, 15) is 0 Å². The predicted molar refractivity (Wildman–Crippen MR) is 45.0 cm³/mol. The van der Waals surface area contributed by atoms with Crippen LogP contribution in [0.5, 0.6) is 0 Å². The average Bonchev–Trinajstić information content (AvgIpc) is 2.19. The van der Waals surface area contributed by atoms with Gasteiger partial charge in [-0.3, -0.25) is 0 Å². The van der Waals surface area contributed by atoms with Gasteiger partial charge in [-0.15, -0.1) is 0 Å². The van der Waals surface area contributed by atoms with Gasteiger partial charge in [0.2, 0.25) is 0 Å². The van der Waals surface area contributed by atoms with Gasteiger partial charge in [0.05, 0.1) is 0 Å². The molecule has 0 heterocycles. The summed E-state index contributed by atoms with van der Waals surface area (Å²) in [7, 11) is 0. The van der Waals surface area contributed by atoms with Gasteiger partial charge in [-0.05, 0) is 32.6 Å². The van der Waals surface area contributed by atoms with E-state index in [0.29, 0.717) is 5.54 Å². The summed E-state index contributed by atoms with van der Waals surface area (Å²) >= 11 is 0.